The molecule has 0 unspecified atom stereocenters. The van der Waals surface area contributed by atoms with E-state index < -0.39 is 5.97 Å². The average Bonchev–Trinajstić information content (AvgIpc) is 2.93. The number of fused-ring (bicyclic) bond motifs is 1. The van der Waals surface area contributed by atoms with Crippen LogP contribution in [0.15, 0.2) is 30.3 Å². The number of carbonyl (C=O) groups is 1. The Morgan fingerprint density at radius 2 is 2.06 bits per heavy atom. The molecule has 0 aliphatic heterocycles. The van der Waals surface area contributed by atoms with E-state index in [-0.39, 0.29) is 11.4 Å². The molecular formula is C12H9N3O3. The van der Waals surface area contributed by atoms with Crippen LogP contribution in [0, 0.1) is 0 Å². The number of aromatic carboxylic acids is 1. The van der Waals surface area contributed by atoms with Crippen molar-refractivity contribution < 1.29 is 15.0 Å². The van der Waals surface area contributed by atoms with Crippen molar-refractivity contribution >= 4 is 16.9 Å². The maximum Gasteiger partial charge on any atom is 0.353 e. The number of aromatic hydroxyl groups is 1. The summed E-state index contributed by atoms with van der Waals surface area (Å²) in [7, 11) is 0. The monoisotopic (exact) mass is 243 g/mol. The predicted octanol–water partition coefficient (Wildman–Crippen LogP) is 1.96. The minimum Gasteiger partial charge on any atom is -0.508 e. The Morgan fingerprint density at radius 3 is 2.78 bits per heavy atom. The van der Waals surface area contributed by atoms with Crippen molar-refractivity contribution in [3.63, 3.8) is 0 Å². The highest BCUT2D eigenvalue weighted by Gasteiger charge is 2.11. The van der Waals surface area contributed by atoms with Crippen molar-refractivity contribution in [2.75, 3.05) is 0 Å². The van der Waals surface area contributed by atoms with Gasteiger partial charge in [-0.3, -0.25) is 5.10 Å². The van der Waals surface area contributed by atoms with Gasteiger partial charge in [-0.25, -0.2) is 4.79 Å². The number of phenolic OH excluding ortho intramolecular Hbond substituents is 1. The highest BCUT2D eigenvalue weighted by atomic mass is 16.4. The lowest BCUT2D eigenvalue weighted by Gasteiger charge is -1.90. The normalized spacial score (nSPS) is 10.9. The summed E-state index contributed by atoms with van der Waals surface area (Å²) in [5, 5.41) is 25.4. The van der Waals surface area contributed by atoms with E-state index in [2.05, 4.69) is 15.2 Å². The Bertz CT molecular complexity index is 742. The van der Waals surface area contributed by atoms with Crippen LogP contribution >= 0.6 is 0 Å². The number of nitrogens with zero attached hydrogens (tertiary/aromatic N) is 1. The zero-order chi connectivity index (χ0) is 12.7. The van der Waals surface area contributed by atoms with Crippen LogP contribution in [0.3, 0.4) is 0 Å². The molecule has 0 saturated carbocycles. The second kappa shape index (κ2) is 3.63. The number of nitrogens with one attached hydrogen (secondary N) is 2. The van der Waals surface area contributed by atoms with E-state index in [0.717, 1.165) is 10.9 Å². The van der Waals surface area contributed by atoms with Crippen LogP contribution < -0.4 is 0 Å². The number of benzene rings is 1. The van der Waals surface area contributed by atoms with Gasteiger partial charge in [0.25, 0.3) is 0 Å². The highest BCUT2D eigenvalue weighted by molar-refractivity contribution is 5.89. The van der Waals surface area contributed by atoms with Gasteiger partial charge in [-0.1, -0.05) is 0 Å². The molecule has 2 aromatic heterocycles. The van der Waals surface area contributed by atoms with Gasteiger partial charge in [0.15, 0.2) is 0 Å². The van der Waals surface area contributed by atoms with Crippen LogP contribution in [-0.2, 0) is 0 Å². The number of phenols is 1. The predicted molar refractivity (Wildman–Crippen MR) is 64.5 cm³/mol. The first-order valence-electron chi connectivity index (χ1n) is 5.24. The van der Waals surface area contributed by atoms with E-state index in [9.17, 15) is 9.90 Å². The van der Waals surface area contributed by atoms with Gasteiger partial charge >= 0.3 is 5.97 Å². The summed E-state index contributed by atoms with van der Waals surface area (Å²) < 4.78 is 0. The van der Waals surface area contributed by atoms with Crippen molar-refractivity contribution in [3.05, 3.63) is 36.0 Å². The Balaban J connectivity index is 2.10. The minimum absolute atomic E-state index is 0.0338. The Kier molecular flexibility index (Phi) is 2.09. The van der Waals surface area contributed by atoms with E-state index in [4.69, 9.17) is 5.11 Å². The summed E-state index contributed by atoms with van der Waals surface area (Å²) in [5.41, 5.74) is 2.09. The summed E-state index contributed by atoms with van der Waals surface area (Å²) in [6, 6.07) is 8.21. The maximum absolute atomic E-state index is 10.7. The number of hydrogen-bond acceptors (Lipinski definition) is 3. The molecule has 3 rings (SSSR count). The number of aromatic amines is 2. The Morgan fingerprint density at radius 1 is 1.22 bits per heavy atom. The number of carboxylic acid groups (broad SMARTS) is 1. The molecule has 0 amide bonds. The van der Waals surface area contributed by atoms with Gasteiger partial charge in [0, 0.05) is 17.0 Å². The molecule has 0 atom stereocenters. The quantitative estimate of drug-likeness (QED) is 0.552. The third kappa shape index (κ3) is 1.60. The third-order valence-electron chi connectivity index (χ3n) is 2.69. The molecule has 0 radical (unpaired) electrons. The van der Waals surface area contributed by atoms with E-state index in [1.807, 2.05) is 0 Å². The summed E-state index contributed by atoms with van der Waals surface area (Å²) in [6.07, 6.45) is 0. The first-order valence-corrected chi connectivity index (χ1v) is 5.24. The second-order valence-electron chi connectivity index (χ2n) is 3.93. The number of H-pyrrole nitrogens is 2. The van der Waals surface area contributed by atoms with Gasteiger partial charge < -0.3 is 15.2 Å². The topological polar surface area (TPSA) is 102 Å². The number of carboxylic acids is 1. The molecule has 0 aliphatic carbocycles. The molecule has 0 spiro atoms. The lowest BCUT2D eigenvalue weighted by atomic mass is 10.2. The summed E-state index contributed by atoms with van der Waals surface area (Å²) in [5.74, 6) is -0.871. The number of rotatable bonds is 2. The largest absolute Gasteiger partial charge is 0.508 e. The maximum atomic E-state index is 10.7. The average molecular weight is 243 g/mol. The van der Waals surface area contributed by atoms with Crippen molar-refractivity contribution in [2.45, 2.75) is 0 Å². The smallest absolute Gasteiger partial charge is 0.353 e. The first-order chi connectivity index (χ1) is 8.63. The van der Waals surface area contributed by atoms with Gasteiger partial charge in [0.1, 0.15) is 17.1 Å². The van der Waals surface area contributed by atoms with Crippen LogP contribution in [0.25, 0.3) is 22.3 Å². The first kappa shape index (κ1) is 10.4. The second-order valence-corrected chi connectivity index (χ2v) is 3.93. The van der Waals surface area contributed by atoms with Crippen LogP contribution in [0.2, 0.25) is 0 Å². The molecule has 0 saturated heterocycles. The SMILES string of the molecule is O=C(O)c1cc(-c2cc3cc(O)ccc3[nH]2)n[nH]1. The molecule has 1 aromatic carbocycles. The molecular weight excluding hydrogens is 234 g/mol. The molecule has 0 bridgehead atoms. The molecule has 3 aromatic rings. The van der Waals surface area contributed by atoms with Crippen LogP contribution in [-0.4, -0.2) is 31.4 Å². The van der Waals surface area contributed by atoms with Gasteiger partial charge in [0.05, 0.1) is 5.69 Å². The fourth-order valence-corrected chi connectivity index (χ4v) is 1.83. The molecule has 6 nitrogen and oxygen atoms in total. The van der Waals surface area contributed by atoms with Crippen LogP contribution in [0.1, 0.15) is 10.5 Å². The van der Waals surface area contributed by atoms with Crippen LogP contribution in [0.4, 0.5) is 0 Å². The van der Waals surface area contributed by atoms with Crippen molar-refractivity contribution in [3.8, 4) is 17.1 Å². The zero-order valence-electron chi connectivity index (χ0n) is 9.14. The molecule has 4 N–H and O–H groups in total. The van der Waals surface area contributed by atoms with Crippen molar-refractivity contribution in [1.82, 2.24) is 15.2 Å². The van der Waals surface area contributed by atoms with E-state index in [0.29, 0.717) is 11.4 Å². The standard InChI is InChI=1S/C12H9N3O3/c16-7-1-2-8-6(3-7)4-9(13-8)10-5-11(12(17)18)15-14-10/h1-5,13,16H,(H,14,15)(H,17,18). The van der Waals surface area contributed by atoms with E-state index in [1.54, 1.807) is 24.3 Å². The van der Waals surface area contributed by atoms with Gasteiger partial charge in [-0.2, -0.15) is 5.10 Å². The van der Waals surface area contributed by atoms with Crippen LogP contribution in [0.5, 0.6) is 5.75 Å². The molecule has 90 valence electrons. The molecule has 0 aliphatic rings. The number of hydrogen-bond donors (Lipinski definition) is 4. The van der Waals surface area contributed by atoms with Gasteiger partial charge in [-0.15, -0.1) is 0 Å². The Labute approximate surface area is 101 Å². The minimum atomic E-state index is -1.05. The lowest BCUT2D eigenvalue weighted by Crippen LogP contribution is -1.95. The summed E-state index contributed by atoms with van der Waals surface area (Å²) >= 11 is 0. The molecule has 0 fully saturated rings. The number of aromatic nitrogens is 3. The lowest BCUT2D eigenvalue weighted by molar-refractivity contribution is 0.0690. The third-order valence-corrected chi connectivity index (χ3v) is 2.69. The van der Waals surface area contributed by atoms with Crippen molar-refractivity contribution in [2.24, 2.45) is 0 Å². The van der Waals surface area contributed by atoms with Gasteiger partial charge in [0.2, 0.25) is 0 Å². The fraction of sp³-hybridized carbons (Fsp3) is 0. The summed E-state index contributed by atoms with van der Waals surface area (Å²) in [4.78, 5) is 13.9. The van der Waals surface area contributed by atoms with E-state index >= 15 is 0 Å². The van der Waals surface area contributed by atoms with Gasteiger partial charge in [-0.05, 0) is 24.3 Å². The highest BCUT2D eigenvalue weighted by Crippen LogP contribution is 2.25. The molecule has 2 heterocycles. The zero-order valence-corrected chi connectivity index (χ0v) is 9.14. The fourth-order valence-electron chi connectivity index (χ4n) is 1.83. The van der Waals surface area contributed by atoms with E-state index in [1.165, 1.54) is 6.07 Å². The Hall–Kier alpha value is -2.76. The molecule has 18 heavy (non-hydrogen) atoms. The molecule has 6 heteroatoms. The van der Waals surface area contributed by atoms with Crippen molar-refractivity contribution in [1.29, 1.82) is 0 Å². The summed E-state index contributed by atoms with van der Waals surface area (Å²) in [6.45, 7) is 0.